The Bertz CT molecular complexity index is 381. The van der Waals surface area contributed by atoms with Gasteiger partial charge in [0.2, 0.25) is 5.87 Å². The molecule has 0 bridgehead atoms. The lowest BCUT2D eigenvalue weighted by Gasteiger charge is -2.60. The molecule has 0 heterocycles. The van der Waals surface area contributed by atoms with Gasteiger partial charge in [0.05, 0.1) is 0 Å². The highest BCUT2D eigenvalue weighted by Crippen LogP contribution is 2.85. The third kappa shape index (κ3) is 7.80. The summed E-state index contributed by atoms with van der Waals surface area (Å²) in [5.41, 5.74) is 0. The van der Waals surface area contributed by atoms with Crippen LogP contribution >= 0.6 is 23.4 Å². The third-order valence-electron chi connectivity index (χ3n) is 5.03. The van der Waals surface area contributed by atoms with E-state index in [-0.39, 0.29) is 23.4 Å². The molecular weight excluding hydrogens is 392 g/mol. The normalized spacial score (nSPS) is 15.8. The van der Waals surface area contributed by atoms with Crippen molar-refractivity contribution in [2.75, 3.05) is 0 Å². The van der Waals surface area contributed by atoms with Crippen molar-refractivity contribution in [3.05, 3.63) is 0 Å². The molecule has 0 nitrogen and oxygen atoms in total. The predicted octanol–water partition coefficient (Wildman–Crippen LogP) is 10.2. The summed E-state index contributed by atoms with van der Waals surface area (Å²) < 4.78 is 0. The highest BCUT2D eigenvalue weighted by Gasteiger charge is 2.58. The second kappa shape index (κ2) is 8.71. The summed E-state index contributed by atoms with van der Waals surface area (Å²) in [6, 6.07) is 0. The van der Waals surface area contributed by atoms with E-state index >= 15 is 0 Å². The zero-order valence-electron chi connectivity index (χ0n) is 22.9. The van der Waals surface area contributed by atoms with Crippen molar-refractivity contribution >= 4 is 29.3 Å². The molecule has 4 heteroatoms. The van der Waals surface area contributed by atoms with Crippen molar-refractivity contribution in [3.63, 3.8) is 0 Å². The molecule has 0 aliphatic rings. The molecule has 0 aromatic rings. The Morgan fingerprint density at radius 2 is 0.393 bits per heavy atom. The van der Waals surface area contributed by atoms with Crippen LogP contribution in [0.5, 0.6) is 0 Å². The maximum absolute atomic E-state index is 2.54. The maximum Gasteiger partial charge on any atom is 0.232 e. The first-order valence-electron chi connectivity index (χ1n) is 11.1. The molecule has 168 valence electrons. The highest BCUT2D eigenvalue weighted by molar-refractivity contribution is 8.43. The Kier molecular flexibility index (Phi) is 9.13. The van der Waals surface area contributed by atoms with E-state index in [0.29, 0.717) is 30.9 Å². The van der Waals surface area contributed by atoms with E-state index in [1.54, 1.807) is 0 Å². The molecule has 0 saturated carbocycles. The van der Waals surface area contributed by atoms with Gasteiger partial charge in [-0.1, -0.05) is 125 Å². The van der Waals surface area contributed by atoms with Crippen molar-refractivity contribution < 1.29 is 0 Å². The summed E-state index contributed by atoms with van der Waals surface area (Å²) in [6.07, 6.45) is 0. The molecule has 0 aromatic carbocycles. The molecule has 0 fully saturated rings. The summed E-state index contributed by atoms with van der Waals surface area (Å²) in [5.74, 6) is 0.833. The van der Waals surface area contributed by atoms with Gasteiger partial charge in [0, 0.05) is 0 Å². The quantitative estimate of drug-likeness (QED) is 0.299. The van der Waals surface area contributed by atoms with Crippen LogP contribution in [-0.4, -0.2) is 36.8 Å². The lowest BCUT2D eigenvalue weighted by molar-refractivity contribution is 0.709. The summed E-state index contributed by atoms with van der Waals surface area (Å²) >= 11 is 0. The number of hydrogen-bond donors (Lipinski definition) is 0. The lowest BCUT2D eigenvalue weighted by atomic mass is 10.2. The van der Waals surface area contributed by atoms with Crippen LogP contribution in [0.25, 0.3) is 0 Å². The lowest BCUT2D eigenvalue weighted by Crippen LogP contribution is -2.44. The van der Waals surface area contributed by atoms with Crippen molar-refractivity contribution in [2.24, 2.45) is 0 Å². The topological polar surface area (TPSA) is 0 Å². The zero-order chi connectivity index (χ0) is 23.3. The average Bonchev–Trinajstić information content (AvgIpc) is 2.13. The predicted molar refractivity (Wildman–Crippen MR) is 145 cm³/mol. The first kappa shape index (κ1) is 29.4. The third-order valence-corrected chi connectivity index (χ3v) is 19.2. The Balaban J connectivity index is 7.30. The van der Waals surface area contributed by atoms with Crippen molar-refractivity contribution in [1.82, 2.24) is 0 Å². The molecule has 28 heavy (non-hydrogen) atoms. The standard InChI is InChI=1S/C24H54BP3/c1-19(2,3)26(20(4,5)6)25(27(21(7,8)9)22(10,11)12)28(23(13,14)15)24(16,17)18/h1-18H3. The van der Waals surface area contributed by atoms with E-state index in [1.807, 2.05) is 0 Å². The summed E-state index contributed by atoms with van der Waals surface area (Å²) in [5, 5.41) is 2.12. The second-order valence-corrected chi connectivity index (χ2v) is 27.5. The Morgan fingerprint density at radius 1 is 0.286 bits per heavy atom. The van der Waals surface area contributed by atoms with Crippen LogP contribution in [0.1, 0.15) is 125 Å². The van der Waals surface area contributed by atoms with Crippen molar-refractivity contribution in [1.29, 1.82) is 0 Å². The minimum atomic E-state index is -0.184. The van der Waals surface area contributed by atoms with Crippen LogP contribution in [0.2, 0.25) is 0 Å². The van der Waals surface area contributed by atoms with Crippen LogP contribution in [0.4, 0.5) is 0 Å². The van der Waals surface area contributed by atoms with E-state index in [9.17, 15) is 0 Å². The van der Waals surface area contributed by atoms with Gasteiger partial charge in [-0.25, -0.2) is 0 Å². The van der Waals surface area contributed by atoms with E-state index in [0.717, 1.165) is 5.87 Å². The van der Waals surface area contributed by atoms with Crippen LogP contribution in [0.15, 0.2) is 0 Å². The van der Waals surface area contributed by atoms with E-state index < -0.39 is 0 Å². The maximum atomic E-state index is 2.54. The molecule has 0 radical (unpaired) electrons. The van der Waals surface area contributed by atoms with Gasteiger partial charge in [0.25, 0.3) is 0 Å². The van der Waals surface area contributed by atoms with Gasteiger partial charge >= 0.3 is 0 Å². The van der Waals surface area contributed by atoms with Crippen LogP contribution < -0.4 is 0 Å². The van der Waals surface area contributed by atoms with Crippen LogP contribution in [-0.2, 0) is 0 Å². The smallest absolute Gasteiger partial charge is 0.118 e. The molecule has 0 rings (SSSR count). The highest BCUT2D eigenvalue weighted by atomic mass is 31.2. The monoisotopic (exact) mass is 446 g/mol. The zero-order valence-corrected chi connectivity index (χ0v) is 25.6. The second-order valence-electron chi connectivity index (χ2n) is 14.5. The molecule has 0 atom stereocenters. The molecular formula is C24H54BP3. The minimum absolute atomic E-state index is 0.184. The first-order valence-corrected chi connectivity index (χ1v) is 15.3. The fraction of sp³-hybridized carbons (Fsp3) is 1.00. The van der Waals surface area contributed by atoms with Gasteiger partial charge in [0.1, 0.15) is 0 Å². The molecule has 0 saturated heterocycles. The molecule has 0 aliphatic heterocycles. The fourth-order valence-electron chi connectivity index (χ4n) is 5.44. The van der Waals surface area contributed by atoms with Gasteiger partial charge < -0.3 is 0 Å². The molecule has 0 N–H and O–H groups in total. The van der Waals surface area contributed by atoms with E-state index in [1.165, 1.54) is 0 Å². The van der Waals surface area contributed by atoms with Gasteiger partial charge in [-0.05, 0) is 30.9 Å². The van der Waals surface area contributed by atoms with Crippen LogP contribution in [0, 0.1) is 0 Å². The summed E-state index contributed by atoms with van der Waals surface area (Å²) in [4.78, 5) is 0. The molecule has 0 spiro atoms. The SMILES string of the molecule is CC(C)(C)P(B(P(C(C)(C)C)C(C)(C)C)P(C(C)(C)C)C(C)(C)C)C(C)(C)C. The van der Waals surface area contributed by atoms with Gasteiger partial charge in [-0.3, -0.25) is 0 Å². The van der Waals surface area contributed by atoms with Gasteiger partial charge in [-0.15, -0.1) is 23.4 Å². The largest absolute Gasteiger partial charge is 0.232 e. The molecule has 0 amide bonds. The van der Waals surface area contributed by atoms with Crippen LogP contribution in [0.3, 0.4) is 0 Å². The van der Waals surface area contributed by atoms with E-state index in [4.69, 9.17) is 0 Å². The minimum Gasteiger partial charge on any atom is -0.118 e. The molecule has 0 aliphatic carbocycles. The summed E-state index contributed by atoms with van der Waals surface area (Å²) in [7, 11) is -0.553. The Hall–Kier alpha value is 1.35. The molecule has 0 unspecified atom stereocenters. The first-order chi connectivity index (χ1) is 11.7. The van der Waals surface area contributed by atoms with Crippen molar-refractivity contribution in [2.45, 2.75) is 156 Å². The van der Waals surface area contributed by atoms with E-state index in [2.05, 4.69) is 125 Å². The molecule has 0 aromatic heterocycles. The fourth-order valence-corrected chi connectivity index (χ4v) is 30.9. The summed E-state index contributed by atoms with van der Waals surface area (Å²) in [6.45, 7) is 45.7. The van der Waals surface area contributed by atoms with Gasteiger partial charge in [-0.2, -0.15) is 0 Å². The van der Waals surface area contributed by atoms with Crippen molar-refractivity contribution in [3.8, 4) is 0 Å². The number of rotatable bonds is 3. The Morgan fingerprint density at radius 3 is 0.464 bits per heavy atom. The average molecular weight is 446 g/mol. The number of hydrogen-bond acceptors (Lipinski definition) is 0. The Labute approximate surface area is 184 Å². The van der Waals surface area contributed by atoms with Gasteiger partial charge in [0.15, 0.2) is 0 Å².